The van der Waals surface area contributed by atoms with E-state index >= 15 is 0 Å². The van der Waals surface area contributed by atoms with Gasteiger partial charge in [0.05, 0.1) is 6.21 Å². The van der Waals surface area contributed by atoms with E-state index in [0.29, 0.717) is 10.7 Å². The molecule has 0 bridgehead atoms. The SMILES string of the molecule is O=C(NN=Cc1cccs1)C(=O)Nc1ccc(Cl)cc1. The summed E-state index contributed by atoms with van der Waals surface area (Å²) in [5.41, 5.74) is 2.63. The standard InChI is InChI=1S/C13H10ClN3O2S/c14-9-3-5-10(6-4-9)16-12(18)13(19)17-15-8-11-2-1-7-20-11/h1-8H,(H,16,18)(H,17,19). The molecule has 0 aliphatic heterocycles. The fourth-order valence-electron chi connectivity index (χ4n) is 1.29. The average Bonchev–Trinajstić information content (AvgIpc) is 2.94. The first-order valence-electron chi connectivity index (χ1n) is 5.58. The van der Waals surface area contributed by atoms with Crippen LogP contribution in [0.5, 0.6) is 0 Å². The van der Waals surface area contributed by atoms with E-state index in [9.17, 15) is 9.59 Å². The molecule has 102 valence electrons. The lowest BCUT2D eigenvalue weighted by molar-refractivity contribution is -0.136. The van der Waals surface area contributed by atoms with Crippen molar-refractivity contribution in [3.8, 4) is 0 Å². The van der Waals surface area contributed by atoms with Crippen LogP contribution < -0.4 is 10.7 Å². The molecule has 0 aliphatic carbocycles. The predicted molar refractivity (Wildman–Crippen MR) is 80.1 cm³/mol. The number of thiophene rings is 1. The monoisotopic (exact) mass is 307 g/mol. The maximum absolute atomic E-state index is 11.6. The van der Waals surface area contributed by atoms with Gasteiger partial charge in [-0.15, -0.1) is 11.3 Å². The fraction of sp³-hybridized carbons (Fsp3) is 0. The minimum atomic E-state index is -0.840. The summed E-state index contributed by atoms with van der Waals surface area (Å²) >= 11 is 7.19. The Morgan fingerprint density at radius 2 is 1.90 bits per heavy atom. The number of amides is 2. The Bertz CT molecular complexity index is 624. The molecule has 0 saturated heterocycles. The first-order chi connectivity index (χ1) is 9.65. The van der Waals surface area contributed by atoms with Gasteiger partial charge in [0.2, 0.25) is 0 Å². The van der Waals surface area contributed by atoms with Crippen molar-refractivity contribution >= 4 is 46.7 Å². The molecule has 1 aromatic carbocycles. The predicted octanol–water partition coefficient (Wildman–Crippen LogP) is 2.49. The highest BCUT2D eigenvalue weighted by Gasteiger charge is 2.12. The maximum Gasteiger partial charge on any atom is 0.329 e. The average molecular weight is 308 g/mol. The molecule has 2 aromatic rings. The summed E-state index contributed by atoms with van der Waals surface area (Å²) in [6.45, 7) is 0. The summed E-state index contributed by atoms with van der Waals surface area (Å²) < 4.78 is 0. The zero-order valence-corrected chi connectivity index (χ0v) is 11.7. The second-order valence-electron chi connectivity index (χ2n) is 3.68. The van der Waals surface area contributed by atoms with Gasteiger partial charge in [-0.25, -0.2) is 5.43 Å². The summed E-state index contributed by atoms with van der Waals surface area (Å²) in [6.07, 6.45) is 1.47. The summed E-state index contributed by atoms with van der Waals surface area (Å²) in [5, 5.41) is 8.56. The molecule has 2 N–H and O–H groups in total. The van der Waals surface area contributed by atoms with E-state index in [2.05, 4.69) is 15.8 Å². The third-order valence-corrected chi connectivity index (χ3v) is 3.27. The number of hydrogen-bond acceptors (Lipinski definition) is 4. The summed E-state index contributed by atoms with van der Waals surface area (Å²) in [4.78, 5) is 23.9. The molecule has 0 saturated carbocycles. The van der Waals surface area contributed by atoms with Crippen molar-refractivity contribution in [1.29, 1.82) is 0 Å². The Morgan fingerprint density at radius 1 is 1.15 bits per heavy atom. The van der Waals surface area contributed by atoms with Crippen molar-refractivity contribution < 1.29 is 9.59 Å². The molecular formula is C13H10ClN3O2S. The van der Waals surface area contributed by atoms with E-state index in [1.807, 2.05) is 17.5 Å². The van der Waals surface area contributed by atoms with Gasteiger partial charge in [-0.2, -0.15) is 5.10 Å². The van der Waals surface area contributed by atoms with Gasteiger partial charge in [0.25, 0.3) is 0 Å². The van der Waals surface area contributed by atoms with Crippen molar-refractivity contribution in [2.45, 2.75) is 0 Å². The number of anilines is 1. The molecule has 0 aliphatic rings. The van der Waals surface area contributed by atoms with Crippen LogP contribution in [0.15, 0.2) is 46.9 Å². The van der Waals surface area contributed by atoms with Crippen LogP contribution in [-0.4, -0.2) is 18.0 Å². The van der Waals surface area contributed by atoms with E-state index in [0.717, 1.165) is 4.88 Å². The van der Waals surface area contributed by atoms with Gasteiger partial charge in [-0.3, -0.25) is 9.59 Å². The summed E-state index contributed by atoms with van der Waals surface area (Å²) in [5.74, 6) is -1.64. The third kappa shape index (κ3) is 4.18. The van der Waals surface area contributed by atoms with Crippen molar-refractivity contribution in [3.05, 3.63) is 51.7 Å². The van der Waals surface area contributed by atoms with Gasteiger partial charge in [-0.05, 0) is 35.7 Å². The molecule has 2 amide bonds. The molecule has 0 fully saturated rings. The Morgan fingerprint density at radius 3 is 2.55 bits per heavy atom. The Kier molecular flexibility index (Phi) is 4.86. The summed E-state index contributed by atoms with van der Waals surface area (Å²) in [7, 11) is 0. The molecule has 2 rings (SSSR count). The van der Waals surface area contributed by atoms with Gasteiger partial charge >= 0.3 is 11.8 Å². The second-order valence-corrected chi connectivity index (χ2v) is 5.09. The van der Waals surface area contributed by atoms with Crippen LogP contribution in [-0.2, 0) is 9.59 Å². The molecule has 0 radical (unpaired) electrons. The van der Waals surface area contributed by atoms with E-state index in [1.54, 1.807) is 24.3 Å². The third-order valence-electron chi connectivity index (χ3n) is 2.21. The van der Waals surface area contributed by atoms with E-state index in [1.165, 1.54) is 17.6 Å². The van der Waals surface area contributed by atoms with Gasteiger partial charge in [-0.1, -0.05) is 17.7 Å². The second kappa shape index (κ2) is 6.83. The fourth-order valence-corrected chi connectivity index (χ4v) is 2.00. The zero-order chi connectivity index (χ0) is 14.4. The van der Waals surface area contributed by atoms with Crippen LogP contribution in [0.1, 0.15) is 4.88 Å². The molecule has 5 nitrogen and oxygen atoms in total. The minimum absolute atomic E-state index is 0.483. The lowest BCUT2D eigenvalue weighted by atomic mass is 10.3. The smallest absolute Gasteiger partial charge is 0.318 e. The van der Waals surface area contributed by atoms with E-state index in [-0.39, 0.29) is 0 Å². The Hall–Kier alpha value is -2.18. The van der Waals surface area contributed by atoms with Gasteiger partial charge < -0.3 is 5.32 Å². The first-order valence-corrected chi connectivity index (χ1v) is 6.84. The number of hydrazone groups is 1. The maximum atomic E-state index is 11.6. The van der Waals surface area contributed by atoms with Crippen LogP contribution in [0.3, 0.4) is 0 Å². The molecule has 20 heavy (non-hydrogen) atoms. The van der Waals surface area contributed by atoms with E-state index < -0.39 is 11.8 Å². The van der Waals surface area contributed by atoms with Gasteiger partial charge in [0.15, 0.2) is 0 Å². The lowest BCUT2D eigenvalue weighted by Crippen LogP contribution is -2.32. The van der Waals surface area contributed by atoms with Gasteiger partial charge in [0, 0.05) is 15.6 Å². The number of hydrogen-bond donors (Lipinski definition) is 2. The van der Waals surface area contributed by atoms with Crippen molar-refractivity contribution in [2.24, 2.45) is 5.10 Å². The molecule has 1 heterocycles. The summed E-state index contributed by atoms with van der Waals surface area (Å²) in [6, 6.07) is 10.1. The van der Waals surface area contributed by atoms with Crippen molar-refractivity contribution in [3.63, 3.8) is 0 Å². The molecule has 0 atom stereocenters. The van der Waals surface area contributed by atoms with Crippen LogP contribution >= 0.6 is 22.9 Å². The van der Waals surface area contributed by atoms with Crippen LogP contribution in [0, 0.1) is 0 Å². The van der Waals surface area contributed by atoms with Gasteiger partial charge in [0.1, 0.15) is 0 Å². The number of nitrogens with one attached hydrogen (secondary N) is 2. The molecule has 1 aromatic heterocycles. The molecular weight excluding hydrogens is 298 g/mol. The van der Waals surface area contributed by atoms with Crippen LogP contribution in [0.4, 0.5) is 5.69 Å². The lowest BCUT2D eigenvalue weighted by Gasteiger charge is -2.03. The molecule has 7 heteroatoms. The van der Waals surface area contributed by atoms with Crippen molar-refractivity contribution in [1.82, 2.24) is 5.43 Å². The van der Waals surface area contributed by atoms with Crippen LogP contribution in [0.25, 0.3) is 0 Å². The van der Waals surface area contributed by atoms with Crippen LogP contribution in [0.2, 0.25) is 5.02 Å². The molecule has 0 spiro atoms. The number of benzene rings is 1. The number of carbonyl (C=O) groups excluding carboxylic acids is 2. The number of rotatable bonds is 3. The quantitative estimate of drug-likeness (QED) is 0.519. The highest BCUT2D eigenvalue weighted by Crippen LogP contribution is 2.13. The highest BCUT2D eigenvalue weighted by molar-refractivity contribution is 7.11. The Balaban J connectivity index is 1.86. The topological polar surface area (TPSA) is 70.6 Å². The minimum Gasteiger partial charge on any atom is -0.318 e. The van der Waals surface area contributed by atoms with E-state index in [4.69, 9.17) is 11.6 Å². The molecule has 0 unspecified atom stereocenters. The number of carbonyl (C=O) groups is 2. The normalized spacial score (nSPS) is 10.4. The largest absolute Gasteiger partial charge is 0.329 e. The van der Waals surface area contributed by atoms with Crippen molar-refractivity contribution in [2.75, 3.05) is 5.32 Å². The zero-order valence-electron chi connectivity index (χ0n) is 10.2. The highest BCUT2D eigenvalue weighted by atomic mass is 35.5. The Labute approximate surface area is 124 Å². The number of halogens is 1. The number of nitrogens with zero attached hydrogens (tertiary/aromatic N) is 1. The first kappa shape index (κ1) is 14.2.